The summed E-state index contributed by atoms with van der Waals surface area (Å²) in [5.41, 5.74) is 7.76. The molecule has 2 N–H and O–H groups in total. The summed E-state index contributed by atoms with van der Waals surface area (Å²) < 4.78 is 12.5. The molecule has 0 amide bonds. The minimum atomic E-state index is -0.396. The van der Waals surface area contributed by atoms with Crippen molar-refractivity contribution < 1.29 is 4.39 Å². The first kappa shape index (κ1) is 19.0. The molecule has 0 unspecified atom stereocenters. The largest absolute Gasteiger partial charge is 0.369 e. The number of guanidine groups is 1. The van der Waals surface area contributed by atoms with Crippen molar-refractivity contribution in [3.05, 3.63) is 47.5 Å². The van der Waals surface area contributed by atoms with E-state index < -0.39 is 6.67 Å². The Bertz CT molecular complexity index is 725. The highest BCUT2D eigenvalue weighted by atomic mass is 35.5. The average Bonchev–Trinajstić information content (AvgIpc) is 2.60. The molecule has 3 nitrogen and oxygen atoms in total. The molecule has 0 spiro atoms. The molecule has 128 valence electrons. The summed E-state index contributed by atoms with van der Waals surface area (Å²) in [6, 6.07) is 13.4. The van der Waals surface area contributed by atoms with Crippen LogP contribution in [0.1, 0.15) is 0 Å². The number of hydrogen-bond acceptors (Lipinski definition) is 3. The molecular weight excluding hydrogens is 365 g/mol. The van der Waals surface area contributed by atoms with Gasteiger partial charge in [0.05, 0.1) is 12.4 Å². The zero-order valence-corrected chi connectivity index (χ0v) is 15.9. The maximum atomic E-state index is 12.5. The van der Waals surface area contributed by atoms with E-state index in [0.717, 1.165) is 15.5 Å². The van der Waals surface area contributed by atoms with E-state index in [1.807, 2.05) is 48.5 Å². The van der Waals surface area contributed by atoms with E-state index >= 15 is 0 Å². The molecule has 0 saturated carbocycles. The predicted molar refractivity (Wildman–Crippen MR) is 106 cm³/mol. The molecule has 7 heteroatoms. The number of thioether (sulfide) groups is 2. The number of anilines is 1. The Kier molecular flexibility index (Phi) is 7.27. The second-order valence-corrected chi connectivity index (χ2v) is 7.33. The number of nitrogens with two attached hydrogens (primary N) is 1. The molecule has 0 bridgehead atoms. The molecule has 0 aromatic heterocycles. The maximum Gasteiger partial charge on any atom is 0.200 e. The molecule has 0 aliphatic carbocycles. The first-order valence-corrected chi connectivity index (χ1v) is 9.84. The van der Waals surface area contributed by atoms with Crippen molar-refractivity contribution in [2.45, 2.75) is 9.79 Å². The number of aliphatic imine (C=N–C) groups is 1. The summed E-state index contributed by atoms with van der Waals surface area (Å²) in [4.78, 5) is 8.30. The van der Waals surface area contributed by atoms with Crippen LogP contribution in [-0.4, -0.2) is 31.7 Å². The van der Waals surface area contributed by atoms with Crippen LogP contribution in [0.2, 0.25) is 5.02 Å². The molecule has 0 radical (unpaired) electrons. The molecule has 0 aliphatic rings. The maximum absolute atomic E-state index is 12.5. The Labute approximate surface area is 155 Å². The summed E-state index contributed by atoms with van der Waals surface area (Å²) in [5.74, 6) is 0.716. The molecule has 2 rings (SSSR count). The van der Waals surface area contributed by atoms with Crippen LogP contribution in [0, 0.1) is 0 Å². The van der Waals surface area contributed by atoms with E-state index in [0.29, 0.717) is 22.4 Å². The number of benzene rings is 2. The normalized spacial score (nSPS) is 11.6. The van der Waals surface area contributed by atoms with Crippen molar-refractivity contribution in [2.75, 3.05) is 30.6 Å². The van der Waals surface area contributed by atoms with E-state index in [-0.39, 0.29) is 0 Å². The average molecular weight is 384 g/mol. The second kappa shape index (κ2) is 9.20. The molecule has 2 aromatic rings. The Morgan fingerprint density at radius 1 is 1.29 bits per heavy atom. The molecular formula is C17H19ClFN3S2. The highest BCUT2D eigenvalue weighted by Crippen LogP contribution is 2.32. The van der Waals surface area contributed by atoms with Gasteiger partial charge in [0.15, 0.2) is 0 Å². The summed E-state index contributed by atoms with van der Waals surface area (Å²) in [7, 11) is 1.86. The molecule has 0 heterocycles. The van der Waals surface area contributed by atoms with Crippen LogP contribution in [0.25, 0.3) is 0 Å². The molecule has 2 aromatic carbocycles. The van der Waals surface area contributed by atoms with Gasteiger partial charge in [0.2, 0.25) is 5.96 Å². The van der Waals surface area contributed by atoms with E-state index in [4.69, 9.17) is 17.3 Å². The quantitative estimate of drug-likeness (QED) is 0.422. The lowest BCUT2D eigenvalue weighted by Gasteiger charge is -2.19. The molecule has 24 heavy (non-hydrogen) atoms. The van der Waals surface area contributed by atoms with Gasteiger partial charge < -0.3 is 10.6 Å². The van der Waals surface area contributed by atoms with E-state index in [1.165, 1.54) is 11.8 Å². The van der Waals surface area contributed by atoms with Gasteiger partial charge in [0, 0.05) is 33.3 Å². The second-order valence-electron chi connectivity index (χ2n) is 4.88. The van der Waals surface area contributed by atoms with E-state index in [2.05, 4.69) is 4.99 Å². The third-order valence-electron chi connectivity index (χ3n) is 3.27. The fourth-order valence-corrected chi connectivity index (χ4v) is 3.33. The highest BCUT2D eigenvalue weighted by molar-refractivity contribution is 7.99. The van der Waals surface area contributed by atoms with Crippen molar-refractivity contribution in [2.24, 2.45) is 10.7 Å². The number of alkyl halides is 1. The lowest BCUT2D eigenvalue weighted by molar-refractivity contribution is 0.533. The molecule has 0 aliphatic heterocycles. The first-order chi connectivity index (χ1) is 11.5. The molecule has 0 fully saturated rings. The third-order valence-corrected chi connectivity index (χ3v) is 5.25. The Hall–Kier alpha value is -1.37. The third kappa shape index (κ3) is 5.06. The molecule has 0 saturated heterocycles. The zero-order valence-electron chi connectivity index (χ0n) is 13.5. The SMILES string of the molecule is CSc1cccc(N(C)C(N)=Nc2cc(Cl)ccc2SCCF)c1. The Morgan fingerprint density at radius 3 is 2.79 bits per heavy atom. The van der Waals surface area contributed by atoms with E-state index in [9.17, 15) is 4.39 Å². The van der Waals surface area contributed by atoms with Crippen molar-refractivity contribution >= 4 is 52.5 Å². The predicted octanol–water partition coefficient (Wildman–Crippen LogP) is 5.21. The summed E-state index contributed by atoms with van der Waals surface area (Å²) in [6.45, 7) is -0.396. The number of nitrogens with zero attached hydrogens (tertiary/aromatic N) is 2. The standard InChI is InChI=1S/C17H19ClFN3S2/c1-22(13-4-3-5-14(11-13)23-2)17(20)21-15-10-12(18)6-7-16(15)24-9-8-19/h3-7,10-11H,8-9H2,1-2H3,(H2,20,21). The van der Waals surface area contributed by atoms with Crippen LogP contribution in [0.3, 0.4) is 0 Å². The minimum Gasteiger partial charge on any atom is -0.369 e. The van der Waals surface area contributed by atoms with Crippen LogP contribution in [0.4, 0.5) is 15.8 Å². The fraction of sp³-hybridized carbons (Fsp3) is 0.235. The van der Waals surface area contributed by atoms with Crippen molar-refractivity contribution in [1.82, 2.24) is 0 Å². The summed E-state index contributed by atoms with van der Waals surface area (Å²) in [6.07, 6.45) is 2.02. The van der Waals surface area contributed by atoms with Gasteiger partial charge in [-0.2, -0.15) is 0 Å². The minimum absolute atomic E-state index is 0.345. The Balaban J connectivity index is 2.30. The number of rotatable bonds is 6. The van der Waals surface area contributed by atoms with Crippen LogP contribution in [0.5, 0.6) is 0 Å². The van der Waals surface area contributed by atoms with Crippen molar-refractivity contribution in [3.63, 3.8) is 0 Å². The van der Waals surface area contributed by atoms with Gasteiger partial charge in [0.1, 0.15) is 0 Å². The van der Waals surface area contributed by atoms with Gasteiger partial charge >= 0.3 is 0 Å². The first-order valence-electron chi connectivity index (χ1n) is 7.25. The van der Waals surface area contributed by atoms with Gasteiger partial charge in [0.25, 0.3) is 0 Å². The van der Waals surface area contributed by atoms with Gasteiger partial charge in [-0.15, -0.1) is 23.5 Å². The topological polar surface area (TPSA) is 41.6 Å². The van der Waals surface area contributed by atoms with Gasteiger partial charge in [-0.25, -0.2) is 4.99 Å². The lowest BCUT2D eigenvalue weighted by atomic mass is 10.3. The van der Waals surface area contributed by atoms with Crippen LogP contribution < -0.4 is 10.6 Å². The smallest absolute Gasteiger partial charge is 0.200 e. The lowest BCUT2D eigenvalue weighted by Crippen LogP contribution is -2.33. The van der Waals surface area contributed by atoms with Gasteiger partial charge in [-0.3, -0.25) is 4.39 Å². The monoisotopic (exact) mass is 383 g/mol. The fourth-order valence-electron chi connectivity index (χ4n) is 2.00. The van der Waals surface area contributed by atoms with Crippen LogP contribution in [0.15, 0.2) is 57.2 Å². The summed E-state index contributed by atoms with van der Waals surface area (Å²) >= 11 is 9.12. The van der Waals surface area contributed by atoms with Crippen LogP contribution >= 0.6 is 35.1 Å². The Morgan fingerprint density at radius 2 is 2.08 bits per heavy atom. The van der Waals surface area contributed by atoms with Crippen LogP contribution in [-0.2, 0) is 0 Å². The molecule has 0 atom stereocenters. The van der Waals surface area contributed by atoms with E-state index in [1.54, 1.807) is 23.9 Å². The number of hydrogen-bond donors (Lipinski definition) is 1. The zero-order chi connectivity index (χ0) is 17.5. The van der Waals surface area contributed by atoms with Gasteiger partial charge in [-0.05, 0) is 42.7 Å². The van der Waals surface area contributed by atoms with Crippen molar-refractivity contribution in [1.29, 1.82) is 0 Å². The number of halogens is 2. The summed E-state index contributed by atoms with van der Waals surface area (Å²) in [5, 5.41) is 0.568. The van der Waals surface area contributed by atoms with Gasteiger partial charge in [-0.1, -0.05) is 17.7 Å². The van der Waals surface area contributed by atoms with Crippen molar-refractivity contribution in [3.8, 4) is 0 Å². The highest BCUT2D eigenvalue weighted by Gasteiger charge is 2.09.